The zero-order valence-electron chi connectivity index (χ0n) is 10.9. The Morgan fingerprint density at radius 2 is 1.79 bits per heavy atom. The minimum Gasteiger partial charge on any atom is -0.384 e. The molecule has 1 aliphatic carbocycles. The quantitative estimate of drug-likeness (QED) is 0.876. The highest BCUT2D eigenvalue weighted by molar-refractivity contribution is 5.36. The van der Waals surface area contributed by atoms with Gasteiger partial charge >= 0.3 is 0 Å². The van der Waals surface area contributed by atoms with Crippen molar-refractivity contribution in [1.29, 1.82) is 0 Å². The second kappa shape index (κ2) is 4.78. The van der Waals surface area contributed by atoms with Crippen molar-refractivity contribution in [3.05, 3.63) is 70.5 Å². The van der Waals surface area contributed by atoms with E-state index in [1.165, 1.54) is 24.5 Å². The van der Waals surface area contributed by atoms with E-state index in [0.717, 1.165) is 11.1 Å². The van der Waals surface area contributed by atoms with E-state index in [1.807, 2.05) is 31.2 Å². The number of benzene rings is 2. The van der Waals surface area contributed by atoms with Crippen LogP contribution in [0.2, 0.25) is 0 Å². The minimum absolute atomic E-state index is 0.346. The van der Waals surface area contributed by atoms with Crippen LogP contribution in [0.5, 0.6) is 0 Å². The molecule has 0 aliphatic heterocycles. The molecule has 1 aliphatic rings. The van der Waals surface area contributed by atoms with Gasteiger partial charge in [-0.3, -0.25) is 0 Å². The van der Waals surface area contributed by atoms with Crippen molar-refractivity contribution in [2.24, 2.45) is 0 Å². The average Bonchev–Trinajstić information content (AvgIpc) is 3.25. The molecule has 2 heteroatoms. The molecule has 1 atom stereocenters. The molecule has 1 saturated carbocycles. The van der Waals surface area contributed by atoms with E-state index >= 15 is 0 Å². The molecule has 0 amide bonds. The van der Waals surface area contributed by atoms with Gasteiger partial charge < -0.3 is 5.11 Å². The maximum absolute atomic E-state index is 13.8. The number of aliphatic hydroxyl groups is 1. The van der Waals surface area contributed by atoms with Crippen molar-refractivity contribution in [3.8, 4) is 0 Å². The van der Waals surface area contributed by atoms with Gasteiger partial charge in [-0.2, -0.15) is 0 Å². The molecule has 98 valence electrons. The molecule has 19 heavy (non-hydrogen) atoms. The van der Waals surface area contributed by atoms with E-state index in [4.69, 9.17) is 0 Å². The van der Waals surface area contributed by atoms with Crippen LogP contribution in [0, 0.1) is 12.7 Å². The maximum Gasteiger partial charge on any atom is 0.129 e. The summed E-state index contributed by atoms with van der Waals surface area (Å²) in [6, 6.07) is 12.7. The first-order chi connectivity index (χ1) is 9.15. The third kappa shape index (κ3) is 2.54. The summed E-state index contributed by atoms with van der Waals surface area (Å²) in [7, 11) is 0. The summed E-state index contributed by atoms with van der Waals surface area (Å²) in [5, 5.41) is 10.3. The maximum atomic E-state index is 13.8. The van der Waals surface area contributed by atoms with Gasteiger partial charge in [-0.25, -0.2) is 4.39 Å². The third-order valence-electron chi connectivity index (χ3n) is 3.75. The second-order valence-corrected chi connectivity index (χ2v) is 5.37. The molecule has 0 aromatic heterocycles. The summed E-state index contributed by atoms with van der Waals surface area (Å²) < 4.78 is 13.8. The first kappa shape index (κ1) is 12.4. The molecule has 1 fully saturated rings. The van der Waals surface area contributed by atoms with Gasteiger partial charge in [0.2, 0.25) is 0 Å². The van der Waals surface area contributed by atoms with Gasteiger partial charge in [0.1, 0.15) is 11.9 Å². The largest absolute Gasteiger partial charge is 0.384 e. The average molecular weight is 256 g/mol. The molecule has 0 saturated heterocycles. The Morgan fingerprint density at radius 1 is 1.11 bits per heavy atom. The highest BCUT2D eigenvalue weighted by Gasteiger charge is 2.23. The highest BCUT2D eigenvalue weighted by Crippen LogP contribution is 2.40. The highest BCUT2D eigenvalue weighted by atomic mass is 19.1. The van der Waals surface area contributed by atoms with Crippen molar-refractivity contribution >= 4 is 0 Å². The lowest BCUT2D eigenvalue weighted by Crippen LogP contribution is -2.03. The molecule has 1 N–H and O–H groups in total. The van der Waals surface area contributed by atoms with Crippen LogP contribution in [0.4, 0.5) is 4.39 Å². The van der Waals surface area contributed by atoms with Gasteiger partial charge in [-0.05, 0) is 42.9 Å². The second-order valence-electron chi connectivity index (χ2n) is 5.37. The zero-order chi connectivity index (χ0) is 13.4. The van der Waals surface area contributed by atoms with E-state index in [-0.39, 0.29) is 5.82 Å². The van der Waals surface area contributed by atoms with Gasteiger partial charge in [-0.15, -0.1) is 0 Å². The summed E-state index contributed by atoms with van der Waals surface area (Å²) in [4.78, 5) is 0. The third-order valence-corrected chi connectivity index (χ3v) is 3.75. The topological polar surface area (TPSA) is 20.2 Å². The molecule has 0 heterocycles. The smallest absolute Gasteiger partial charge is 0.129 e. The first-order valence-electron chi connectivity index (χ1n) is 6.69. The van der Waals surface area contributed by atoms with Crippen LogP contribution in [-0.2, 0) is 0 Å². The number of hydrogen-bond donors (Lipinski definition) is 1. The fraction of sp³-hybridized carbons (Fsp3) is 0.294. The van der Waals surface area contributed by atoms with Crippen molar-refractivity contribution in [2.45, 2.75) is 31.8 Å². The number of rotatable bonds is 3. The number of aryl methyl sites for hydroxylation is 1. The van der Waals surface area contributed by atoms with Gasteiger partial charge in [0.15, 0.2) is 0 Å². The number of hydrogen-bond acceptors (Lipinski definition) is 1. The Kier molecular flexibility index (Phi) is 3.11. The monoisotopic (exact) mass is 256 g/mol. The Balaban J connectivity index is 1.89. The van der Waals surface area contributed by atoms with Gasteiger partial charge in [0.25, 0.3) is 0 Å². The molecule has 0 spiro atoms. The lowest BCUT2D eigenvalue weighted by molar-refractivity contribution is 0.215. The molecule has 3 rings (SSSR count). The molecule has 0 radical (unpaired) electrons. The molecule has 0 bridgehead atoms. The van der Waals surface area contributed by atoms with Crippen LogP contribution in [-0.4, -0.2) is 5.11 Å². The van der Waals surface area contributed by atoms with Crippen LogP contribution in [0.3, 0.4) is 0 Å². The summed E-state index contributed by atoms with van der Waals surface area (Å²) in [5.74, 6) is 0.339. The van der Waals surface area contributed by atoms with Crippen LogP contribution >= 0.6 is 0 Å². The van der Waals surface area contributed by atoms with E-state index in [9.17, 15) is 9.50 Å². The normalized spacial score (nSPS) is 16.4. The van der Waals surface area contributed by atoms with E-state index < -0.39 is 6.10 Å². The zero-order valence-corrected chi connectivity index (χ0v) is 10.9. The van der Waals surface area contributed by atoms with E-state index in [1.54, 1.807) is 12.1 Å². The fourth-order valence-corrected chi connectivity index (χ4v) is 2.42. The van der Waals surface area contributed by atoms with Crippen molar-refractivity contribution in [2.75, 3.05) is 0 Å². The minimum atomic E-state index is -0.895. The first-order valence-corrected chi connectivity index (χ1v) is 6.69. The Hall–Kier alpha value is -1.67. The number of halogens is 1. The molecular weight excluding hydrogens is 239 g/mol. The summed E-state index contributed by atoms with van der Waals surface area (Å²) in [6.45, 7) is 1.89. The van der Waals surface area contributed by atoms with Crippen LogP contribution in [0.1, 0.15) is 47.1 Å². The van der Waals surface area contributed by atoms with Gasteiger partial charge in [0, 0.05) is 5.56 Å². The predicted octanol–water partition coefficient (Wildman–Crippen LogP) is 4.09. The van der Waals surface area contributed by atoms with Crippen LogP contribution in [0.15, 0.2) is 42.5 Å². The van der Waals surface area contributed by atoms with Crippen molar-refractivity contribution in [1.82, 2.24) is 0 Å². The van der Waals surface area contributed by atoms with Crippen molar-refractivity contribution in [3.63, 3.8) is 0 Å². The van der Waals surface area contributed by atoms with Crippen molar-refractivity contribution < 1.29 is 9.50 Å². The van der Waals surface area contributed by atoms with E-state index in [0.29, 0.717) is 11.5 Å². The predicted molar refractivity (Wildman–Crippen MR) is 73.6 cm³/mol. The van der Waals surface area contributed by atoms with Crippen LogP contribution < -0.4 is 0 Å². The van der Waals surface area contributed by atoms with Gasteiger partial charge in [-0.1, -0.05) is 42.0 Å². The molecule has 1 unspecified atom stereocenters. The lowest BCUT2D eigenvalue weighted by Gasteiger charge is -2.13. The molecule has 1 nitrogen and oxygen atoms in total. The SMILES string of the molecule is Cc1ccc(F)c(C(O)c2ccc(C3CC3)cc2)c1. The Bertz CT molecular complexity index is 585. The summed E-state index contributed by atoms with van der Waals surface area (Å²) >= 11 is 0. The number of aliphatic hydroxyl groups excluding tert-OH is 1. The Labute approximate surface area is 112 Å². The van der Waals surface area contributed by atoms with E-state index in [2.05, 4.69) is 0 Å². The Morgan fingerprint density at radius 3 is 2.42 bits per heavy atom. The molecular formula is C17H17FO. The fourth-order valence-electron chi connectivity index (χ4n) is 2.42. The molecule has 2 aromatic rings. The van der Waals surface area contributed by atoms with Gasteiger partial charge in [0.05, 0.1) is 0 Å². The van der Waals surface area contributed by atoms with Crippen LogP contribution in [0.25, 0.3) is 0 Å². The summed E-state index contributed by atoms with van der Waals surface area (Å²) in [6.07, 6.45) is 1.62. The molecule has 2 aromatic carbocycles. The lowest BCUT2D eigenvalue weighted by atomic mass is 9.98. The summed E-state index contributed by atoms with van der Waals surface area (Å²) in [5.41, 5.74) is 3.36. The standard InChI is InChI=1S/C17H17FO/c1-11-2-9-16(18)15(10-11)17(19)14-7-5-13(6-8-14)12-3-4-12/h2,5-10,12,17,19H,3-4H2,1H3.